The van der Waals surface area contributed by atoms with Crippen LogP contribution in [0, 0.1) is 11.6 Å². The fourth-order valence-electron chi connectivity index (χ4n) is 2.20. The van der Waals surface area contributed by atoms with Crippen molar-refractivity contribution in [1.29, 1.82) is 0 Å². The molecule has 21 heavy (non-hydrogen) atoms. The molecule has 0 unspecified atom stereocenters. The number of halogens is 2. The van der Waals surface area contributed by atoms with Crippen LogP contribution in [0.5, 0.6) is 0 Å². The molecule has 0 spiro atoms. The quantitative estimate of drug-likeness (QED) is 0.681. The van der Waals surface area contributed by atoms with Crippen LogP contribution in [0.2, 0.25) is 0 Å². The molecule has 0 amide bonds. The molecule has 104 valence electrons. The summed E-state index contributed by atoms with van der Waals surface area (Å²) >= 11 is 0. The zero-order valence-electron chi connectivity index (χ0n) is 11.0. The second-order valence-corrected chi connectivity index (χ2v) is 4.75. The third kappa shape index (κ3) is 2.79. The Morgan fingerprint density at radius 1 is 1.05 bits per heavy atom. The molecule has 2 aromatic carbocycles. The van der Waals surface area contributed by atoms with Crippen LogP contribution < -0.4 is 0 Å². The van der Waals surface area contributed by atoms with Gasteiger partial charge in [-0.25, -0.2) is 8.78 Å². The number of fused-ring (bicyclic) bond motifs is 1. The summed E-state index contributed by atoms with van der Waals surface area (Å²) < 4.78 is 26.7. The molecule has 0 aliphatic rings. The van der Waals surface area contributed by atoms with E-state index < -0.39 is 11.6 Å². The van der Waals surface area contributed by atoms with E-state index in [1.54, 1.807) is 30.5 Å². The Bertz CT molecular complexity index is 830. The minimum absolute atomic E-state index is 0.0614. The van der Waals surface area contributed by atoms with Crippen LogP contribution in [0.3, 0.4) is 0 Å². The summed E-state index contributed by atoms with van der Waals surface area (Å²) in [7, 11) is 0. The normalized spacial score (nSPS) is 10.8. The molecule has 0 fully saturated rings. The van der Waals surface area contributed by atoms with Crippen LogP contribution in [0.1, 0.15) is 15.9 Å². The molecule has 0 saturated heterocycles. The summed E-state index contributed by atoms with van der Waals surface area (Å²) in [5, 5.41) is 0.836. The molecular formula is C17H11F2NO. The zero-order valence-corrected chi connectivity index (χ0v) is 11.0. The fraction of sp³-hybridized carbons (Fsp3) is 0.0588. The third-order valence-electron chi connectivity index (χ3n) is 3.28. The lowest BCUT2D eigenvalue weighted by Crippen LogP contribution is -2.05. The summed E-state index contributed by atoms with van der Waals surface area (Å²) in [6.07, 6.45) is 1.50. The van der Waals surface area contributed by atoms with Gasteiger partial charge in [0.05, 0.1) is 5.52 Å². The second-order valence-electron chi connectivity index (χ2n) is 4.75. The Kier molecular flexibility index (Phi) is 3.44. The molecule has 0 aliphatic heterocycles. The van der Waals surface area contributed by atoms with Crippen LogP contribution >= 0.6 is 0 Å². The van der Waals surface area contributed by atoms with Gasteiger partial charge in [-0.15, -0.1) is 0 Å². The first kappa shape index (κ1) is 13.4. The van der Waals surface area contributed by atoms with E-state index in [4.69, 9.17) is 0 Å². The van der Waals surface area contributed by atoms with Crippen molar-refractivity contribution >= 4 is 16.7 Å². The first-order chi connectivity index (χ1) is 10.1. The molecule has 3 aromatic rings. The lowest BCUT2D eigenvalue weighted by Gasteiger charge is -2.05. The Morgan fingerprint density at radius 3 is 2.76 bits per heavy atom. The number of carbonyl (C=O) groups is 1. The molecule has 0 bridgehead atoms. The van der Waals surface area contributed by atoms with E-state index >= 15 is 0 Å². The SMILES string of the molecule is O=C(Cc1cc(F)ccc1F)c1ccc2ncccc2c1. The van der Waals surface area contributed by atoms with Crippen molar-refractivity contribution in [1.82, 2.24) is 4.98 Å². The third-order valence-corrected chi connectivity index (χ3v) is 3.28. The summed E-state index contributed by atoms with van der Waals surface area (Å²) in [6.45, 7) is 0. The molecule has 1 aromatic heterocycles. The Hall–Kier alpha value is -2.62. The molecule has 3 rings (SSSR count). The van der Waals surface area contributed by atoms with Gasteiger partial charge in [-0.2, -0.15) is 0 Å². The summed E-state index contributed by atoms with van der Waals surface area (Å²) in [5.74, 6) is -1.39. The summed E-state index contributed by atoms with van der Waals surface area (Å²) in [5.41, 5.74) is 1.30. The molecule has 0 atom stereocenters. The highest BCUT2D eigenvalue weighted by atomic mass is 19.1. The number of pyridine rings is 1. The van der Waals surface area contributed by atoms with Gasteiger partial charge in [0.15, 0.2) is 5.78 Å². The smallest absolute Gasteiger partial charge is 0.167 e. The number of hydrogen-bond acceptors (Lipinski definition) is 2. The fourth-order valence-corrected chi connectivity index (χ4v) is 2.20. The van der Waals surface area contributed by atoms with Crippen LogP contribution in [-0.2, 0) is 6.42 Å². The molecule has 0 saturated carbocycles. The van der Waals surface area contributed by atoms with E-state index in [9.17, 15) is 13.6 Å². The van der Waals surface area contributed by atoms with Crippen molar-refractivity contribution in [3.63, 3.8) is 0 Å². The number of nitrogens with zero attached hydrogens (tertiary/aromatic N) is 1. The van der Waals surface area contributed by atoms with Crippen molar-refractivity contribution in [2.75, 3.05) is 0 Å². The van der Waals surface area contributed by atoms with Crippen molar-refractivity contribution in [2.24, 2.45) is 0 Å². The largest absolute Gasteiger partial charge is 0.294 e. The molecule has 1 heterocycles. The first-order valence-corrected chi connectivity index (χ1v) is 6.45. The van der Waals surface area contributed by atoms with Crippen LogP contribution in [-0.4, -0.2) is 10.8 Å². The summed E-state index contributed by atoms with van der Waals surface area (Å²) in [6, 6.07) is 11.8. The number of aromatic nitrogens is 1. The standard InChI is InChI=1S/C17H11F2NO/c18-14-4-5-15(19)13(9-14)10-17(21)12-3-6-16-11(8-12)2-1-7-20-16/h1-9H,10H2. The van der Waals surface area contributed by atoms with Gasteiger partial charge in [0.2, 0.25) is 0 Å². The average Bonchev–Trinajstić information content (AvgIpc) is 2.50. The second kappa shape index (κ2) is 5.40. The number of ketones is 1. The van der Waals surface area contributed by atoms with Crippen LogP contribution in [0.25, 0.3) is 10.9 Å². The Morgan fingerprint density at radius 2 is 1.90 bits per heavy atom. The van der Waals surface area contributed by atoms with Crippen molar-refractivity contribution in [3.8, 4) is 0 Å². The first-order valence-electron chi connectivity index (χ1n) is 6.45. The van der Waals surface area contributed by atoms with Crippen molar-refractivity contribution < 1.29 is 13.6 Å². The lowest BCUT2D eigenvalue weighted by molar-refractivity contribution is 0.0992. The van der Waals surface area contributed by atoms with E-state index in [0.29, 0.717) is 5.56 Å². The van der Waals surface area contributed by atoms with Gasteiger partial charge in [-0.1, -0.05) is 6.07 Å². The van der Waals surface area contributed by atoms with Crippen LogP contribution in [0.15, 0.2) is 54.7 Å². The van der Waals surface area contributed by atoms with E-state index in [-0.39, 0.29) is 17.8 Å². The summed E-state index contributed by atoms with van der Waals surface area (Å²) in [4.78, 5) is 16.4. The predicted molar refractivity (Wildman–Crippen MR) is 76.1 cm³/mol. The lowest BCUT2D eigenvalue weighted by atomic mass is 10.0. The minimum atomic E-state index is -0.577. The van der Waals surface area contributed by atoms with E-state index in [1.807, 2.05) is 6.07 Å². The Balaban J connectivity index is 1.91. The molecule has 0 radical (unpaired) electrons. The number of Topliss-reactive ketones (excluding diaryl/α,β-unsaturated/α-hetero) is 1. The zero-order chi connectivity index (χ0) is 14.8. The highest BCUT2D eigenvalue weighted by Crippen LogP contribution is 2.17. The van der Waals surface area contributed by atoms with Crippen molar-refractivity contribution in [3.05, 3.63) is 77.5 Å². The van der Waals surface area contributed by atoms with Gasteiger partial charge in [-0.05, 0) is 48.0 Å². The highest BCUT2D eigenvalue weighted by molar-refractivity contribution is 6.00. The number of carbonyl (C=O) groups excluding carboxylic acids is 1. The van der Waals surface area contributed by atoms with Gasteiger partial charge >= 0.3 is 0 Å². The minimum Gasteiger partial charge on any atom is -0.294 e. The van der Waals surface area contributed by atoms with Crippen LogP contribution in [0.4, 0.5) is 8.78 Å². The number of hydrogen-bond donors (Lipinski definition) is 0. The monoisotopic (exact) mass is 283 g/mol. The topological polar surface area (TPSA) is 30.0 Å². The Labute approximate surface area is 120 Å². The molecule has 2 nitrogen and oxygen atoms in total. The molecule has 0 N–H and O–H groups in total. The van der Waals surface area contributed by atoms with Gasteiger partial charge < -0.3 is 0 Å². The maximum Gasteiger partial charge on any atom is 0.167 e. The molecule has 0 aliphatic carbocycles. The van der Waals surface area contributed by atoms with E-state index in [0.717, 1.165) is 29.1 Å². The van der Waals surface area contributed by atoms with Gasteiger partial charge in [0, 0.05) is 23.6 Å². The van der Waals surface area contributed by atoms with Gasteiger partial charge in [-0.3, -0.25) is 9.78 Å². The molecule has 4 heteroatoms. The maximum absolute atomic E-state index is 13.6. The van der Waals surface area contributed by atoms with Crippen molar-refractivity contribution in [2.45, 2.75) is 6.42 Å². The number of benzene rings is 2. The van der Waals surface area contributed by atoms with E-state index in [2.05, 4.69) is 4.98 Å². The van der Waals surface area contributed by atoms with Gasteiger partial charge in [0.25, 0.3) is 0 Å². The van der Waals surface area contributed by atoms with Gasteiger partial charge in [0.1, 0.15) is 11.6 Å². The highest BCUT2D eigenvalue weighted by Gasteiger charge is 2.12. The van der Waals surface area contributed by atoms with E-state index in [1.165, 1.54) is 0 Å². The maximum atomic E-state index is 13.6. The number of rotatable bonds is 3. The molecular weight excluding hydrogens is 272 g/mol. The predicted octanol–water partition coefficient (Wildman–Crippen LogP) is 3.94. The average molecular weight is 283 g/mol.